The van der Waals surface area contributed by atoms with Crippen LogP contribution < -0.4 is 4.90 Å². The number of aromatic nitrogens is 1. The lowest BCUT2D eigenvalue weighted by Gasteiger charge is -2.36. The van der Waals surface area contributed by atoms with Gasteiger partial charge >= 0.3 is 5.69 Å². The first-order valence-corrected chi connectivity index (χ1v) is 6.31. The van der Waals surface area contributed by atoms with Crippen molar-refractivity contribution in [2.45, 2.75) is 13.0 Å². The molecule has 1 saturated heterocycles. The fraction of sp³-hybridized carbons (Fsp3) is 0.583. The predicted molar refractivity (Wildman–Crippen MR) is 71.2 cm³/mol. The SMILES string of the molecule is CC(O)CN1CCN(c2ccncc2[N+](=O)[O-])CC1. The molecule has 0 saturated carbocycles. The molecule has 19 heavy (non-hydrogen) atoms. The van der Waals surface area contributed by atoms with Gasteiger partial charge < -0.3 is 10.0 Å². The molecule has 1 aliphatic rings. The largest absolute Gasteiger partial charge is 0.392 e. The second-order valence-corrected chi connectivity index (χ2v) is 4.76. The van der Waals surface area contributed by atoms with Crippen molar-refractivity contribution in [2.24, 2.45) is 0 Å². The molecule has 7 heteroatoms. The molecule has 0 amide bonds. The molecular weight excluding hydrogens is 248 g/mol. The molecular formula is C12H18N4O3. The van der Waals surface area contributed by atoms with Crippen molar-refractivity contribution in [1.29, 1.82) is 0 Å². The number of rotatable bonds is 4. The van der Waals surface area contributed by atoms with E-state index in [1.54, 1.807) is 19.2 Å². The van der Waals surface area contributed by atoms with Gasteiger partial charge in [-0.05, 0) is 13.0 Å². The van der Waals surface area contributed by atoms with E-state index in [2.05, 4.69) is 9.88 Å². The average Bonchev–Trinajstić information content (AvgIpc) is 2.39. The normalized spacial score (nSPS) is 18.3. The van der Waals surface area contributed by atoms with E-state index in [1.165, 1.54) is 6.20 Å². The molecule has 0 bridgehead atoms. The number of piperazine rings is 1. The van der Waals surface area contributed by atoms with Crippen LogP contribution in [0.4, 0.5) is 11.4 Å². The number of anilines is 1. The minimum Gasteiger partial charge on any atom is -0.392 e. The molecule has 1 atom stereocenters. The summed E-state index contributed by atoms with van der Waals surface area (Å²) in [5, 5.41) is 20.3. The first-order chi connectivity index (χ1) is 9.08. The third-order valence-electron chi connectivity index (χ3n) is 3.21. The molecule has 2 rings (SSSR count). The van der Waals surface area contributed by atoms with Crippen LogP contribution in [-0.4, -0.2) is 58.7 Å². The number of nitro groups is 1. The fourth-order valence-electron chi connectivity index (χ4n) is 2.33. The standard InChI is InChI=1S/C12H18N4O3/c1-10(17)9-14-4-6-15(7-5-14)11-2-3-13-8-12(11)16(18)19/h2-3,8,10,17H,4-7,9H2,1H3. The highest BCUT2D eigenvalue weighted by Crippen LogP contribution is 2.27. The fourth-order valence-corrected chi connectivity index (χ4v) is 2.33. The van der Waals surface area contributed by atoms with Gasteiger partial charge in [0.1, 0.15) is 11.9 Å². The van der Waals surface area contributed by atoms with E-state index in [0.717, 1.165) is 26.2 Å². The van der Waals surface area contributed by atoms with Gasteiger partial charge in [0.2, 0.25) is 0 Å². The summed E-state index contributed by atoms with van der Waals surface area (Å²) in [5.74, 6) is 0. The van der Waals surface area contributed by atoms with Gasteiger partial charge in [0.15, 0.2) is 0 Å². The Morgan fingerprint density at radius 1 is 1.47 bits per heavy atom. The second-order valence-electron chi connectivity index (χ2n) is 4.76. The van der Waals surface area contributed by atoms with Gasteiger partial charge in [-0.2, -0.15) is 0 Å². The Balaban J connectivity index is 2.04. The number of β-amino-alcohol motifs (C(OH)–C–C–N with tert-alkyl or cyclic N) is 1. The van der Waals surface area contributed by atoms with Gasteiger partial charge in [-0.1, -0.05) is 0 Å². The summed E-state index contributed by atoms with van der Waals surface area (Å²) < 4.78 is 0. The van der Waals surface area contributed by atoms with Crippen LogP contribution in [0.15, 0.2) is 18.5 Å². The highest BCUT2D eigenvalue weighted by Gasteiger charge is 2.23. The van der Waals surface area contributed by atoms with Gasteiger partial charge in [0.25, 0.3) is 0 Å². The zero-order valence-electron chi connectivity index (χ0n) is 10.9. The minimum absolute atomic E-state index is 0.0477. The second kappa shape index (κ2) is 5.94. The Hall–Kier alpha value is -1.73. The number of nitrogens with zero attached hydrogens (tertiary/aromatic N) is 4. The van der Waals surface area contributed by atoms with Gasteiger partial charge in [0, 0.05) is 38.9 Å². The van der Waals surface area contributed by atoms with Crippen molar-refractivity contribution < 1.29 is 10.0 Å². The highest BCUT2D eigenvalue weighted by molar-refractivity contribution is 5.61. The zero-order chi connectivity index (χ0) is 13.8. The predicted octanol–water partition coefficient (Wildman–Crippen LogP) is 0.493. The molecule has 0 aliphatic carbocycles. The number of aliphatic hydroxyl groups is 1. The lowest BCUT2D eigenvalue weighted by molar-refractivity contribution is -0.384. The summed E-state index contributed by atoms with van der Waals surface area (Å²) in [6.45, 7) is 5.44. The summed E-state index contributed by atoms with van der Waals surface area (Å²) in [5.41, 5.74) is 0.670. The summed E-state index contributed by atoms with van der Waals surface area (Å²) >= 11 is 0. The van der Waals surface area contributed by atoms with Gasteiger partial charge in [-0.25, -0.2) is 0 Å². The van der Waals surface area contributed by atoms with Crippen LogP contribution >= 0.6 is 0 Å². The molecule has 7 nitrogen and oxygen atoms in total. The smallest absolute Gasteiger partial charge is 0.310 e. The molecule has 1 aromatic heterocycles. The molecule has 1 aromatic rings. The lowest BCUT2D eigenvalue weighted by atomic mass is 10.2. The Bertz CT molecular complexity index is 444. The Morgan fingerprint density at radius 3 is 2.74 bits per heavy atom. The highest BCUT2D eigenvalue weighted by atomic mass is 16.6. The zero-order valence-corrected chi connectivity index (χ0v) is 10.9. The van der Waals surface area contributed by atoms with E-state index in [-0.39, 0.29) is 11.8 Å². The Morgan fingerprint density at radius 2 is 2.16 bits per heavy atom. The number of aliphatic hydroxyl groups excluding tert-OH is 1. The number of hydrogen-bond donors (Lipinski definition) is 1. The van der Waals surface area contributed by atoms with Crippen LogP contribution in [0.25, 0.3) is 0 Å². The van der Waals surface area contributed by atoms with Crippen LogP contribution in [0.3, 0.4) is 0 Å². The van der Waals surface area contributed by atoms with Gasteiger partial charge in [-0.3, -0.25) is 20.0 Å². The third kappa shape index (κ3) is 3.39. The van der Waals surface area contributed by atoms with Crippen LogP contribution in [0, 0.1) is 10.1 Å². The number of pyridine rings is 1. The maximum Gasteiger partial charge on any atom is 0.310 e. The van der Waals surface area contributed by atoms with E-state index in [1.807, 2.05) is 4.90 Å². The number of hydrogen-bond acceptors (Lipinski definition) is 6. The van der Waals surface area contributed by atoms with Gasteiger partial charge in [-0.15, -0.1) is 0 Å². The van der Waals surface area contributed by atoms with E-state index in [9.17, 15) is 15.2 Å². The van der Waals surface area contributed by atoms with E-state index >= 15 is 0 Å². The Kier molecular flexibility index (Phi) is 4.28. The van der Waals surface area contributed by atoms with Crippen LogP contribution in [0.5, 0.6) is 0 Å². The first kappa shape index (κ1) is 13.7. The molecule has 1 unspecified atom stereocenters. The molecule has 0 radical (unpaired) electrons. The molecule has 1 N–H and O–H groups in total. The van der Waals surface area contributed by atoms with Crippen molar-refractivity contribution in [1.82, 2.24) is 9.88 Å². The molecule has 1 aliphatic heterocycles. The molecule has 2 heterocycles. The summed E-state index contributed by atoms with van der Waals surface area (Å²) in [6.07, 6.45) is 2.52. The van der Waals surface area contributed by atoms with E-state index < -0.39 is 4.92 Å². The van der Waals surface area contributed by atoms with Crippen molar-refractivity contribution in [3.05, 3.63) is 28.6 Å². The quantitative estimate of drug-likeness (QED) is 0.631. The third-order valence-corrected chi connectivity index (χ3v) is 3.21. The summed E-state index contributed by atoms with van der Waals surface area (Å²) in [7, 11) is 0. The van der Waals surface area contributed by atoms with Crippen LogP contribution in [0.1, 0.15) is 6.92 Å². The average molecular weight is 266 g/mol. The maximum atomic E-state index is 11.0. The Labute approximate surface area is 111 Å². The molecule has 0 aromatic carbocycles. The lowest BCUT2D eigenvalue weighted by Crippen LogP contribution is -2.48. The van der Waals surface area contributed by atoms with E-state index in [4.69, 9.17) is 0 Å². The van der Waals surface area contributed by atoms with E-state index in [0.29, 0.717) is 12.2 Å². The van der Waals surface area contributed by atoms with Crippen LogP contribution in [-0.2, 0) is 0 Å². The molecule has 0 spiro atoms. The maximum absolute atomic E-state index is 11.0. The summed E-state index contributed by atoms with van der Waals surface area (Å²) in [6, 6.07) is 1.68. The first-order valence-electron chi connectivity index (χ1n) is 6.31. The monoisotopic (exact) mass is 266 g/mol. The topological polar surface area (TPSA) is 82.7 Å². The van der Waals surface area contributed by atoms with Crippen LogP contribution in [0.2, 0.25) is 0 Å². The van der Waals surface area contributed by atoms with Crippen molar-refractivity contribution in [3.63, 3.8) is 0 Å². The minimum atomic E-state index is -0.398. The molecule has 1 fully saturated rings. The van der Waals surface area contributed by atoms with Crippen molar-refractivity contribution >= 4 is 11.4 Å². The van der Waals surface area contributed by atoms with Gasteiger partial charge in [0.05, 0.1) is 11.0 Å². The summed E-state index contributed by atoms with van der Waals surface area (Å²) in [4.78, 5) is 18.5. The van der Waals surface area contributed by atoms with Crippen molar-refractivity contribution in [2.75, 3.05) is 37.6 Å². The van der Waals surface area contributed by atoms with Crippen molar-refractivity contribution in [3.8, 4) is 0 Å². The molecule has 104 valence electrons.